The summed E-state index contributed by atoms with van der Waals surface area (Å²) in [4.78, 5) is 4.19. The van der Waals surface area contributed by atoms with E-state index in [0.717, 1.165) is 0 Å². The van der Waals surface area contributed by atoms with Crippen LogP contribution in [0.5, 0.6) is 0 Å². The maximum atomic E-state index is 4.19. The van der Waals surface area contributed by atoms with E-state index in [1.807, 2.05) is 12.4 Å². The van der Waals surface area contributed by atoms with E-state index in [1.54, 1.807) is 0 Å². The molecule has 14 heavy (non-hydrogen) atoms. The van der Waals surface area contributed by atoms with Gasteiger partial charge in [-0.3, -0.25) is 0 Å². The second kappa shape index (κ2) is 2.94. The molecule has 0 fully saturated rings. The van der Waals surface area contributed by atoms with Gasteiger partial charge in [-0.15, -0.1) is 0 Å². The molecule has 0 saturated carbocycles. The van der Waals surface area contributed by atoms with Gasteiger partial charge in [-0.1, -0.05) is 0 Å². The predicted molar refractivity (Wildman–Crippen MR) is 60.9 cm³/mol. The van der Waals surface area contributed by atoms with Gasteiger partial charge in [-0.25, -0.2) is 0 Å². The summed E-state index contributed by atoms with van der Waals surface area (Å²) in [6.07, 6.45) is 3.88. The van der Waals surface area contributed by atoms with Crippen molar-refractivity contribution in [3.63, 3.8) is 0 Å². The number of aromatic nitrogens is 1. The molecule has 1 nitrogen and oxygen atoms in total. The van der Waals surface area contributed by atoms with Crippen LogP contribution in [0.2, 0.25) is 0 Å². The predicted octanol–water partition coefficient (Wildman–Crippen LogP) is 2.75. The summed E-state index contributed by atoms with van der Waals surface area (Å²) in [7, 11) is 0. The molecule has 2 heterocycles. The first kappa shape index (κ1) is 8.22. The third-order valence-corrected chi connectivity index (χ3v) is 5.27. The monoisotopic (exact) mass is 247 g/mol. The van der Waals surface area contributed by atoms with Crippen LogP contribution in [0.3, 0.4) is 0 Å². The fourth-order valence-corrected chi connectivity index (χ4v) is 4.17. The van der Waals surface area contributed by atoms with Gasteiger partial charge in [-0.2, -0.15) is 0 Å². The molecule has 0 unspecified atom stereocenters. The van der Waals surface area contributed by atoms with Crippen LogP contribution in [-0.4, -0.2) is 19.5 Å². The zero-order valence-corrected chi connectivity index (χ0v) is 9.53. The average Bonchev–Trinajstić information content (AvgIpc) is 2.59. The number of pyridine rings is 1. The first-order valence-electron chi connectivity index (χ1n) is 4.58. The van der Waals surface area contributed by atoms with Gasteiger partial charge in [0.1, 0.15) is 0 Å². The molecule has 68 valence electrons. The van der Waals surface area contributed by atoms with E-state index >= 15 is 0 Å². The van der Waals surface area contributed by atoms with E-state index in [2.05, 4.69) is 36.2 Å². The SMILES string of the molecule is Cc1cccc2c1[se]c1ccncc12. The normalized spacial score (nSPS) is 11.2. The Labute approximate surface area is 88.1 Å². The Bertz CT molecular complexity index is 610. The first-order chi connectivity index (χ1) is 6.86. The Hall–Kier alpha value is -1.11. The number of rotatable bonds is 0. The summed E-state index contributed by atoms with van der Waals surface area (Å²) in [5.41, 5.74) is 1.42. The quantitative estimate of drug-likeness (QED) is 0.556. The van der Waals surface area contributed by atoms with E-state index in [9.17, 15) is 0 Å². The number of aryl methyl sites for hydroxylation is 1. The van der Waals surface area contributed by atoms with Crippen molar-refractivity contribution < 1.29 is 0 Å². The molecule has 0 radical (unpaired) electrons. The van der Waals surface area contributed by atoms with Gasteiger partial charge in [0.25, 0.3) is 0 Å². The zero-order chi connectivity index (χ0) is 9.54. The second-order valence-electron chi connectivity index (χ2n) is 3.43. The molecule has 2 aromatic heterocycles. The summed E-state index contributed by atoms with van der Waals surface area (Å²) < 4.78 is 3.00. The van der Waals surface area contributed by atoms with E-state index in [1.165, 1.54) is 24.9 Å². The molecule has 1 aromatic carbocycles. The van der Waals surface area contributed by atoms with E-state index in [-0.39, 0.29) is 0 Å². The van der Waals surface area contributed by atoms with Crippen molar-refractivity contribution in [3.05, 3.63) is 42.2 Å². The van der Waals surface area contributed by atoms with Crippen LogP contribution in [0.15, 0.2) is 36.7 Å². The Morgan fingerprint density at radius 1 is 1.14 bits per heavy atom. The molecule has 0 aliphatic carbocycles. The Morgan fingerprint density at radius 2 is 2.07 bits per heavy atom. The fraction of sp³-hybridized carbons (Fsp3) is 0.0833. The number of benzene rings is 1. The van der Waals surface area contributed by atoms with Crippen LogP contribution in [0, 0.1) is 6.92 Å². The van der Waals surface area contributed by atoms with Crippen molar-refractivity contribution in [2.45, 2.75) is 6.92 Å². The molecule has 0 aliphatic heterocycles. The summed E-state index contributed by atoms with van der Waals surface area (Å²) in [5, 5.41) is 2.74. The molecular formula is C12H9NSe. The summed E-state index contributed by atoms with van der Waals surface area (Å²) >= 11 is 0.485. The van der Waals surface area contributed by atoms with Crippen molar-refractivity contribution >= 4 is 33.8 Å². The number of nitrogens with zero attached hydrogens (tertiary/aromatic N) is 1. The van der Waals surface area contributed by atoms with Gasteiger partial charge in [0.2, 0.25) is 0 Å². The van der Waals surface area contributed by atoms with Gasteiger partial charge in [0, 0.05) is 0 Å². The van der Waals surface area contributed by atoms with Crippen molar-refractivity contribution in [1.29, 1.82) is 0 Å². The Balaban J connectivity index is 2.63. The third-order valence-electron chi connectivity index (χ3n) is 2.50. The van der Waals surface area contributed by atoms with E-state index in [0.29, 0.717) is 14.5 Å². The molecule has 0 bridgehead atoms. The summed E-state index contributed by atoms with van der Waals surface area (Å²) in [6, 6.07) is 8.68. The molecule has 0 aliphatic rings. The van der Waals surface area contributed by atoms with Gasteiger partial charge in [0.05, 0.1) is 0 Å². The summed E-state index contributed by atoms with van der Waals surface area (Å²) in [5.74, 6) is 0. The van der Waals surface area contributed by atoms with Crippen LogP contribution in [0.4, 0.5) is 0 Å². The van der Waals surface area contributed by atoms with Crippen molar-refractivity contribution in [2.24, 2.45) is 0 Å². The van der Waals surface area contributed by atoms with Gasteiger partial charge < -0.3 is 0 Å². The number of hydrogen-bond acceptors (Lipinski definition) is 1. The third kappa shape index (κ3) is 1.05. The molecule has 3 aromatic rings. The van der Waals surface area contributed by atoms with Crippen molar-refractivity contribution in [3.8, 4) is 0 Å². The van der Waals surface area contributed by atoms with Crippen LogP contribution in [-0.2, 0) is 0 Å². The fourth-order valence-electron chi connectivity index (χ4n) is 1.78. The molecule has 0 N–H and O–H groups in total. The van der Waals surface area contributed by atoms with Crippen LogP contribution in [0.25, 0.3) is 19.3 Å². The standard InChI is InChI=1S/C12H9NSe/c1-8-3-2-4-9-10-7-13-6-5-11(10)14-12(8)9/h2-7H,1H3. The molecule has 0 amide bonds. The minimum absolute atomic E-state index is 0.485. The van der Waals surface area contributed by atoms with Crippen LogP contribution < -0.4 is 0 Å². The van der Waals surface area contributed by atoms with Crippen LogP contribution >= 0.6 is 0 Å². The molecule has 3 rings (SSSR count). The molecular weight excluding hydrogens is 237 g/mol. The van der Waals surface area contributed by atoms with Gasteiger partial charge in [0.15, 0.2) is 0 Å². The van der Waals surface area contributed by atoms with Crippen molar-refractivity contribution in [2.75, 3.05) is 0 Å². The topological polar surface area (TPSA) is 12.9 Å². The summed E-state index contributed by atoms with van der Waals surface area (Å²) in [6.45, 7) is 2.19. The van der Waals surface area contributed by atoms with E-state index < -0.39 is 0 Å². The Morgan fingerprint density at radius 3 is 3.00 bits per heavy atom. The average molecular weight is 246 g/mol. The minimum atomic E-state index is 0.485. The molecule has 2 heteroatoms. The number of hydrogen-bond donors (Lipinski definition) is 0. The molecule has 0 spiro atoms. The zero-order valence-electron chi connectivity index (χ0n) is 7.82. The second-order valence-corrected chi connectivity index (χ2v) is 5.63. The van der Waals surface area contributed by atoms with Crippen LogP contribution in [0.1, 0.15) is 5.56 Å². The maximum absolute atomic E-state index is 4.19. The van der Waals surface area contributed by atoms with Crippen molar-refractivity contribution in [1.82, 2.24) is 4.98 Å². The number of fused-ring (bicyclic) bond motifs is 3. The first-order valence-corrected chi connectivity index (χ1v) is 6.29. The van der Waals surface area contributed by atoms with E-state index in [4.69, 9.17) is 0 Å². The Kier molecular flexibility index (Phi) is 1.73. The molecule has 0 saturated heterocycles. The van der Waals surface area contributed by atoms with Gasteiger partial charge in [-0.05, 0) is 0 Å². The molecule has 0 atom stereocenters. The van der Waals surface area contributed by atoms with Gasteiger partial charge >= 0.3 is 87.9 Å².